The molecule has 0 saturated carbocycles. The minimum Gasteiger partial charge on any atom is -0.318 e. The summed E-state index contributed by atoms with van der Waals surface area (Å²) in [5.41, 5.74) is 3.03. The zero-order chi connectivity index (χ0) is 11.5. The first-order valence-electron chi connectivity index (χ1n) is 5.85. The molecule has 2 nitrogen and oxygen atoms in total. The lowest BCUT2D eigenvalue weighted by molar-refractivity contribution is 0.246. The van der Waals surface area contributed by atoms with Crippen LogP contribution in [0.3, 0.4) is 0 Å². The van der Waals surface area contributed by atoms with Gasteiger partial charge in [-0.05, 0) is 50.2 Å². The van der Waals surface area contributed by atoms with Gasteiger partial charge in [0.25, 0.3) is 0 Å². The van der Waals surface area contributed by atoms with E-state index < -0.39 is 0 Å². The summed E-state index contributed by atoms with van der Waals surface area (Å²) in [6.07, 6.45) is 2.47. The van der Waals surface area contributed by atoms with Crippen molar-refractivity contribution in [3.05, 3.63) is 33.8 Å². The fourth-order valence-corrected chi connectivity index (χ4v) is 2.87. The second-order valence-electron chi connectivity index (χ2n) is 4.48. The van der Waals surface area contributed by atoms with E-state index in [1.807, 2.05) is 7.05 Å². The zero-order valence-electron chi connectivity index (χ0n) is 9.96. The van der Waals surface area contributed by atoms with Crippen molar-refractivity contribution in [2.75, 3.05) is 27.2 Å². The van der Waals surface area contributed by atoms with Crippen molar-refractivity contribution in [3.8, 4) is 0 Å². The van der Waals surface area contributed by atoms with Crippen molar-refractivity contribution in [3.63, 3.8) is 0 Å². The van der Waals surface area contributed by atoms with Crippen LogP contribution in [0.4, 0.5) is 0 Å². The summed E-state index contributed by atoms with van der Waals surface area (Å²) in [4.78, 5) is 2.45. The van der Waals surface area contributed by atoms with E-state index in [9.17, 15) is 0 Å². The first-order valence-corrected chi connectivity index (χ1v) is 6.65. The second-order valence-corrected chi connectivity index (χ2v) is 5.40. The predicted molar refractivity (Wildman–Crippen MR) is 71.8 cm³/mol. The largest absolute Gasteiger partial charge is 0.318 e. The third-order valence-electron chi connectivity index (χ3n) is 3.40. The lowest BCUT2D eigenvalue weighted by Crippen LogP contribution is -2.30. The van der Waals surface area contributed by atoms with E-state index in [-0.39, 0.29) is 0 Å². The molecule has 1 aliphatic rings. The fraction of sp³-hybridized carbons (Fsp3) is 0.538. The maximum absolute atomic E-state index is 3.54. The summed E-state index contributed by atoms with van der Waals surface area (Å²) in [7, 11) is 4.23. The number of fused-ring (bicyclic) bond motifs is 1. The normalized spacial score (nSPS) is 19.1. The van der Waals surface area contributed by atoms with Crippen LogP contribution in [0.15, 0.2) is 22.7 Å². The SMILES string of the molecule is CNCCN(C)C1CCc2cc(Br)ccc21. The van der Waals surface area contributed by atoms with Gasteiger partial charge in [-0.2, -0.15) is 0 Å². The van der Waals surface area contributed by atoms with Gasteiger partial charge >= 0.3 is 0 Å². The monoisotopic (exact) mass is 282 g/mol. The predicted octanol–water partition coefficient (Wildman–Crippen LogP) is 2.59. The molecular formula is C13H19BrN2. The van der Waals surface area contributed by atoms with Crippen LogP contribution < -0.4 is 5.32 Å². The summed E-state index contributed by atoms with van der Waals surface area (Å²) in [5, 5.41) is 3.21. The van der Waals surface area contributed by atoms with Gasteiger partial charge in [0.2, 0.25) is 0 Å². The topological polar surface area (TPSA) is 15.3 Å². The highest BCUT2D eigenvalue weighted by Gasteiger charge is 2.25. The molecule has 1 aromatic rings. The van der Waals surface area contributed by atoms with E-state index in [0.29, 0.717) is 6.04 Å². The van der Waals surface area contributed by atoms with E-state index in [4.69, 9.17) is 0 Å². The van der Waals surface area contributed by atoms with Crippen LogP contribution >= 0.6 is 15.9 Å². The third kappa shape index (κ3) is 2.47. The Hall–Kier alpha value is -0.380. The molecule has 1 N–H and O–H groups in total. The number of hydrogen-bond acceptors (Lipinski definition) is 2. The van der Waals surface area contributed by atoms with Gasteiger partial charge in [-0.3, -0.25) is 4.90 Å². The molecule has 1 aliphatic carbocycles. The van der Waals surface area contributed by atoms with Crippen molar-refractivity contribution >= 4 is 15.9 Å². The molecule has 0 aromatic heterocycles. The van der Waals surface area contributed by atoms with E-state index in [0.717, 1.165) is 13.1 Å². The summed E-state index contributed by atoms with van der Waals surface area (Å²) in [6, 6.07) is 7.30. The molecule has 88 valence electrons. The molecule has 2 rings (SSSR count). The lowest BCUT2D eigenvalue weighted by Gasteiger charge is -2.25. The van der Waals surface area contributed by atoms with Crippen LogP contribution in [0.25, 0.3) is 0 Å². The second kappa shape index (κ2) is 5.30. The molecule has 1 atom stereocenters. The van der Waals surface area contributed by atoms with Crippen LogP contribution in [-0.4, -0.2) is 32.1 Å². The molecule has 1 unspecified atom stereocenters. The quantitative estimate of drug-likeness (QED) is 0.913. The van der Waals surface area contributed by atoms with Crippen LogP contribution in [0.2, 0.25) is 0 Å². The number of benzene rings is 1. The minimum absolute atomic E-state index is 0.608. The molecule has 0 bridgehead atoms. The lowest BCUT2D eigenvalue weighted by atomic mass is 10.1. The van der Waals surface area contributed by atoms with Crippen molar-refractivity contribution in [2.24, 2.45) is 0 Å². The zero-order valence-corrected chi connectivity index (χ0v) is 11.5. The fourth-order valence-electron chi connectivity index (χ4n) is 2.47. The summed E-state index contributed by atoms with van der Waals surface area (Å²) < 4.78 is 1.20. The maximum atomic E-state index is 3.54. The van der Waals surface area contributed by atoms with Gasteiger partial charge < -0.3 is 5.32 Å². The van der Waals surface area contributed by atoms with Crippen molar-refractivity contribution < 1.29 is 0 Å². The molecule has 3 heteroatoms. The number of aryl methyl sites for hydroxylation is 1. The summed E-state index contributed by atoms with van der Waals surface area (Å²) in [5.74, 6) is 0. The number of likely N-dealkylation sites (N-methyl/N-ethyl adjacent to an activating group) is 2. The van der Waals surface area contributed by atoms with Crippen molar-refractivity contribution in [1.29, 1.82) is 0 Å². The Kier molecular flexibility index (Phi) is 4.00. The molecule has 16 heavy (non-hydrogen) atoms. The molecule has 1 aromatic carbocycles. The number of nitrogens with one attached hydrogen (secondary N) is 1. The van der Waals surface area contributed by atoms with Crippen molar-refractivity contribution in [1.82, 2.24) is 10.2 Å². The van der Waals surface area contributed by atoms with E-state index in [1.54, 1.807) is 0 Å². The Balaban J connectivity index is 2.11. The van der Waals surface area contributed by atoms with Gasteiger partial charge in [0, 0.05) is 23.6 Å². The number of hydrogen-bond donors (Lipinski definition) is 1. The highest BCUT2D eigenvalue weighted by atomic mass is 79.9. The Morgan fingerprint density at radius 3 is 3.06 bits per heavy atom. The molecule has 0 saturated heterocycles. The first-order chi connectivity index (χ1) is 7.72. The van der Waals surface area contributed by atoms with Crippen LogP contribution in [-0.2, 0) is 6.42 Å². The molecule has 0 fully saturated rings. The average Bonchev–Trinajstić information content (AvgIpc) is 2.68. The molecule has 0 heterocycles. The van der Waals surface area contributed by atoms with Gasteiger partial charge in [0.05, 0.1) is 0 Å². The molecule has 0 amide bonds. The number of halogens is 1. The number of rotatable bonds is 4. The van der Waals surface area contributed by atoms with Crippen LogP contribution in [0.1, 0.15) is 23.6 Å². The van der Waals surface area contributed by atoms with Crippen LogP contribution in [0.5, 0.6) is 0 Å². The highest BCUT2D eigenvalue weighted by Crippen LogP contribution is 2.36. The first kappa shape index (κ1) is 12.1. The smallest absolute Gasteiger partial charge is 0.0351 e. The Labute approximate surface area is 106 Å². The molecular weight excluding hydrogens is 264 g/mol. The maximum Gasteiger partial charge on any atom is 0.0351 e. The van der Waals surface area contributed by atoms with Crippen molar-refractivity contribution in [2.45, 2.75) is 18.9 Å². The van der Waals surface area contributed by atoms with E-state index in [2.05, 4.69) is 51.4 Å². The molecule has 0 radical (unpaired) electrons. The highest BCUT2D eigenvalue weighted by molar-refractivity contribution is 9.10. The summed E-state index contributed by atoms with van der Waals surface area (Å²) in [6.45, 7) is 2.16. The van der Waals surface area contributed by atoms with E-state index >= 15 is 0 Å². The van der Waals surface area contributed by atoms with Gasteiger partial charge in [0.1, 0.15) is 0 Å². The van der Waals surface area contributed by atoms with E-state index in [1.165, 1.54) is 28.4 Å². The molecule has 0 aliphatic heterocycles. The Morgan fingerprint density at radius 2 is 2.31 bits per heavy atom. The standard InChI is InChI=1S/C13H19BrN2/c1-15-7-8-16(2)13-6-3-10-9-11(14)4-5-12(10)13/h4-5,9,13,15H,3,6-8H2,1-2H3. The van der Waals surface area contributed by atoms with Gasteiger partial charge in [-0.25, -0.2) is 0 Å². The van der Waals surface area contributed by atoms with Gasteiger partial charge in [-0.15, -0.1) is 0 Å². The van der Waals surface area contributed by atoms with Crippen LogP contribution in [0, 0.1) is 0 Å². The third-order valence-corrected chi connectivity index (χ3v) is 3.89. The molecule has 0 spiro atoms. The Bertz CT molecular complexity index is 365. The minimum atomic E-state index is 0.608. The number of nitrogens with zero attached hydrogens (tertiary/aromatic N) is 1. The Morgan fingerprint density at radius 1 is 1.50 bits per heavy atom. The van der Waals surface area contributed by atoms with Gasteiger partial charge in [0.15, 0.2) is 0 Å². The average molecular weight is 283 g/mol. The van der Waals surface area contributed by atoms with Gasteiger partial charge in [-0.1, -0.05) is 22.0 Å². The summed E-state index contributed by atoms with van der Waals surface area (Å²) >= 11 is 3.54.